The van der Waals surface area contributed by atoms with E-state index in [0.717, 1.165) is 41.2 Å². The standard InChI is InChI=1S/C22H29ClO5S2/c1-5-6-12-27-21-10-9-20(29-21)22(2,3)16-7-8-19(18(23)14-16)28-15-17(24)11-13-30(4,25)26/h7-10,14H,5-6,11-13,15H2,1-4H3. The topological polar surface area (TPSA) is 69.7 Å². The minimum absolute atomic E-state index is 0.0669. The van der Waals surface area contributed by atoms with Gasteiger partial charge in [0.2, 0.25) is 0 Å². The van der Waals surface area contributed by atoms with Gasteiger partial charge in [-0.2, -0.15) is 0 Å². The average Bonchev–Trinajstić information content (AvgIpc) is 3.15. The van der Waals surface area contributed by atoms with Crippen LogP contribution in [0.4, 0.5) is 0 Å². The minimum Gasteiger partial charge on any atom is -0.484 e. The number of carbonyl (C=O) groups excluding carboxylic acids is 1. The lowest BCUT2D eigenvalue weighted by atomic mass is 9.83. The molecule has 1 aromatic carbocycles. The van der Waals surface area contributed by atoms with Crippen LogP contribution < -0.4 is 9.47 Å². The maximum absolute atomic E-state index is 11.8. The van der Waals surface area contributed by atoms with Crippen molar-refractivity contribution in [2.75, 3.05) is 25.2 Å². The zero-order valence-corrected chi connectivity index (χ0v) is 20.3. The summed E-state index contributed by atoms with van der Waals surface area (Å²) in [5, 5.41) is 1.32. The van der Waals surface area contributed by atoms with E-state index in [0.29, 0.717) is 10.8 Å². The molecule has 0 unspecified atom stereocenters. The molecule has 0 saturated heterocycles. The van der Waals surface area contributed by atoms with Crippen molar-refractivity contribution in [2.24, 2.45) is 0 Å². The highest BCUT2D eigenvalue weighted by atomic mass is 35.5. The molecule has 0 saturated carbocycles. The first kappa shape index (κ1) is 24.7. The molecule has 30 heavy (non-hydrogen) atoms. The molecule has 0 spiro atoms. The smallest absolute Gasteiger partial charge is 0.174 e. The second-order valence-corrected chi connectivity index (χ2v) is 11.5. The van der Waals surface area contributed by atoms with Crippen molar-refractivity contribution >= 4 is 38.6 Å². The van der Waals surface area contributed by atoms with E-state index in [4.69, 9.17) is 21.1 Å². The number of hydrogen-bond donors (Lipinski definition) is 0. The number of ether oxygens (including phenoxy) is 2. The molecule has 0 bridgehead atoms. The molecule has 0 radical (unpaired) electrons. The van der Waals surface area contributed by atoms with Gasteiger partial charge in [-0.15, -0.1) is 11.3 Å². The molecule has 0 aliphatic heterocycles. The summed E-state index contributed by atoms with van der Waals surface area (Å²) >= 11 is 8.02. The number of sulfone groups is 1. The van der Waals surface area contributed by atoms with Crippen molar-refractivity contribution in [3.63, 3.8) is 0 Å². The number of rotatable bonds is 12. The zero-order valence-electron chi connectivity index (χ0n) is 17.9. The summed E-state index contributed by atoms with van der Waals surface area (Å²) in [6.45, 7) is 6.89. The first-order valence-corrected chi connectivity index (χ1v) is 13.1. The van der Waals surface area contributed by atoms with Gasteiger partial charge in [-0.1, -0.05) is 44.9 Å². The molecule has 1 aromatic heterocycles. The van der Waals surface area contributed by atoms with E-state index in [1.165, 1.54) is 0 Å². The molecule has 166 valence electrons. The number of thiophene rings is 1. The molecule has 0 amide bonds. The quantitative estimate of drug-likeness (QED) is 0.392. The molecule has 0 fully saturated rings. The minimum atomic E-state index is -3.17. The number of benzene rings is 1. The van der Waals surface area contributed by atoms with Crippen molar-refractivity contribution in [3.05, 3.63) is 45.8 Å². The molecule has 1 heterocycles. The number of hydrogen-bond acceptors (Lipinski definition) is 6. The number of halogens is 1. The van der Waals surface area contributed by atoms with Crippen LogP contribution in [0.5, 0.6) is 10.8 Å². The number of Topliss-reactive ketones (excluding diaryl/α,β-unsaturated/α-hetero) is 1. The number of unbranched alkanes of at least 4 members (excludes halogenated alkanes) is 1. The molecule has 0 aliphatic carbocycles. The summed E-state index contributed by atoms with van der Waals surface area (Å²) in [5.41, 5.74) is 0.745. The Kier molecular flexibility index (Phi) is 8.76. The Hall–Kier alpha value is -1.57. The SMILES string of the molecule is CCCCOc1ccc(C(C)(C)c2ccc(OCC(=O)CCS(C)(=O)=O)c(Cl)c2)s1. The Bertz CT molecular complexity index is 964. The van der Waals surface area contributed by atoms with Crippen LogP contribution in [0.1, 0.15) is 50.5 Å². The van der Waals surface area contributed by atoms with Crippen LogP contribution in [0.25, 0.3) is 0 Å². The van der Waals surface area contributed by atoms with Crippen molar-refractivity contribution in [3.8, 4) is 10.8 Å². The lowest BCUT2D eigenvalue weighted by molar-refractivity contribution is -0.120. The van der Waals surface area contributed by atoms with E-state index in [9.17, 15) is 13.2 Å². The van der Waals surface area contributed by atoms with Gasteiger partial charge in [-0.3, -0.25) is 4.79 Å². The Morgan fingerprint density at radius 2 is 1.90 bits per heavy atom. The first-order valence-electron chi connectivity index (χ1n) is 9.88. The van der Waals surface area contributed by atoms with Gasteiger partial charge in [0.1, 0.15) is 22.2 Å². The van der Waals surface area contributed by atoms with E-state index in [2.05, 4.69) is 26.8 Å². The molecular weight excluding hydrogens is 444 g/mol. The number of ketones is 1. The van der Waals surface area contributed by atoms with E-state index in [-0.39, 0.29) is 30.0 Å². The lowest BCUT2D eigenvalue weighted by Gasteiger charge is -2.24. The summed E-state index contributed by atoms with van der Waals surface area (Å²) in [6.07, 6.45) is 3.17. The Morgan fingerprint density at radius 3 is 2.53 bits per heavy atom. The summed E-state index contributed by atoms with van der Waals surface area (Å²) in [7, 11) is -3.17. The van der Waals surface area contributed by atoms with Crippen molar-refractivity contribution in [1.29, 1.82) is 0 Å². The van der Waals surface area contributed by atoms with E-state index < -0.39 is 9.84 Å². The van der Waals surface area contributed by atoms with Crippen LogP contribution >= 0.6 is 22.9 Å². The first-order chi connectivity index (χ1) is 14.0. The molecule has 2 rings (SSSR count). The van der Waals surface area contributed by atoms with Crippen molar-refractivity contribution < 1.29 is 22.7 Å². The molecule has 0 N–H and O–H groups in total. The Morgan fingerprint density at radius 1 is 1.17 bits per heavy atom. The predicted molar refractivity (Wildman–Crippen MR) is 123 cm³/mol. The molecule has 8 heteroatoms. The molecular formula is C22H29ClO5S2. The zero-order chi connectivity index (χ0) is 22.4. The van der Waals surface area contributed by atoms with Gasteiger partial charge in [0.05, 0.1) is 17.4 Å². The van der Waals surface area contributed by atoms with E-state index in [1.54, 1.807) is 17.4 Å². The van der Waals surface area contributed by atoms with Gasteiger partial charge in [-0.25, -0.2) is 8.42 Å². The molecule has 5 nitrogen and oxygen atoms in total. The van der Waals surface area contributed by atoms with Crippen LogP contribution in [0.2, 0.25) is 5.02 Å². The highest BCUT2D eigenvalue weighted by molar-refractivity contribution is 7.90. The van der Waals surface area contributed by atoms with Crippen LogP contribution in [0.15, 0.2) is 30.3 Å². The Balaban J connectivity index is 2.03. The highest BCUT2D eigenvalue weighted by Gasteiger charge is 2.26. The lowest BCUT2D eigenvalue weighted by Crippen LogP contribution is -2.18. The van der Waals surface area contributed by atoms with Crippen molar-refractivity contribution in [2.45, 2.75) is 45.4 Å². The average molecular weight is 473 g/mol. The summed E-state index contributed by atoms with van der Waals surface area (Å²) in [4.78, 5) is 13.0. The monoisotopic (exact) mass is 472 g/mol. The normalized spacial score (nSPS) is 12.0. The van der Waals surface area contributed by atoms with Crippen LogP contribution in [0, 0.1) is 0 Å². The number of carbonyl (C=O) groups is 1. The van der Waals surface area contributed by atoms with Gasteiger partial charge in [0.25, 0.3) is 0 Å². The molecule has 0 aliphatic rings. The van der Waals surface area contributed by atoms with Gasteiger partial charge in [-0.05, 0) is 36.2 Å². The predicted octanol–water partition coefficient (Wildman–Crippen LogP) is 5.29. The molecule has 0 atom stereocenters. The summed E-state index contributed by atoms with van der Waals surface area (Å²) in [5.74, 6) is -0.0603. The maximum Gasteiger partial charge on any atom is 0.174 e. The fourth-order valence-electron chi connectivity index (χ4n) is 2.73. The summed E-state index contributed by atoms with van der Waals surface area (Å²) in [6, 6.07) is 9.59. The Labute approximate surface area is 188 Å². The second kappa shape index (κ2) is 10.6. The van der Waals surface area contributed by atoms with E-state index >= 15 is 0 Å². The van der Waals surface area contributed by atoms with Gasteiger partial charge < -0.3 is 9.47 Å². The van der Waals surface area contributed by atoms with Crippen molar-refractivity contribution in [1.82, 2.24) is 0 Å². The van der Waals surface area contributed by atoms with Gasteiger partial charge >= 0.3 is 0 Å². The largest absolute Gasteiger partial charge is 0.484 e. The fourth-order valence-corrected chi connectivity index (χ4v) is 4.57. The third kappa shape index (κ3) is 7.29. The fraction of sp³-hybridized carbons (Fsp3) is 0.500. The third-order valence-electron chi connectivity index (χ3n) is 4.73. The van der Waals surface area contributed by atoms with Gasteiger partial charge in [0, 0.05) is 23.0 Å². The highest BCUT2D eigenvalue weighted by Crippen LogP contribution is 2.40. The van der Waals surface area contributed by atoms with E-state index in [1.807, 2.05) is 18.2 Å². The van der Waals surface area contributed by atoms with Crippen LogP contribution in [-0.4, -0.2) is 39.4 Å². The van der Waals surface area contributed by atoms with Crippen LogP contribution in [0.3, 0.4) is 0 Å². The molecule has 2 aromatic rings. The summed E-state index contributed by atoms with van der Waals surface area (Å²) < 4.78 is 33.6. The van der Waals surface area contributed by atoms with Gasteiger partial charge in [0.15, 0.2) is 10.8 Å². The van der Waals surface area contributed by atoms with Crippen LogP contribution in [-0.2, 0) is 20.0 Å². The maximum atomic E-state index is 11.8. The second-order valence-electron chi connectivity index (χ2n) is 7.80. The third-order valence-corrected chi connectivity index (χ3v) is 7.30.